The van der Waals surface area contributed by atoms with Crippen LogP contribution in [0, 0.1) is 5.82 Å². The molecule has 0 saturated carbocycles. The second-order valence-corrected chi connectivity index (χ2v) is 4.24. The Hall–Kier alpha value is -2.44. The molecule has 0 spiro atoms. The van der Waals surface area contributed by atoms with E-state index in [1.54, 1.807) is 0 Å². The van der Waals surface area contributed by atoms with Gasteiger partial charge >= 0.3 is 12.1 Å². The van der Waals surface area contributed by atoms with Gasteiger partial charge in [0.1, 0.15) is 5.82 Å². The van der Waals surface area contributed by atoms with Gasteiger partial charge in [-0.1, -0.05) is 18.2 Å². The molecular formula is C14H9F4NO2. The Kier molecular flexibility index (Phi) is 3.93. The van der Waals surface area contributed by atoms with Gasteiger partial charge < -0.3 is 5.11 Å². The van der Waals surface area contributed by atoms with Gasteiger partial charge in [0, 0.05) is 5.56 Å². The van der Waals surface area contributed by atoms with Crippen molar-refractivity contribution in [2.45, 2.75) is 12.6 Å². The van der Waals surface area contributed by atoms with E-state index in [1.165, 1.54) is 18.2 Å². The highest BCUT2D eigenvalue weighted by Gasteiger charge is 2.33. The van der Waals surface area contributed by atoms with Crippen LogP contribution in [-0.2, 0) is 17.4 Å². The standard InChI is InChI=1S/C14H9F4NO2/c15-10-5-6-11(19-12(10)7-13(20)21)8-3-1-2-4-9(8)14(16,17)18/h1-6H,7H2,(H,20,21). The molecule has 0 amide bonds. The minimum absolute atomic E-state index is 0.124. The molecule has 7 heteroatoms. The molecule has 110 valence electrons. The van der Waals surface area contributed by atoms with Crippen molar-refractivity contribution < 1.29 is 27.5 Å². The molecule has 0 radical (unpaired) electrons. The maximum Gasteiger partial charge on any atom is 0.417 e. The van der Waals surface area contributed by atoms with Crippen LogP contribution in [0.2, 0.25) is 0 Å². The van der Waals surface area contributed by atoms with Gasteiger partial charge in [-0.15, -0.1) is 0 Å². The third-order valence-electron chi connectivity index (χ3n) is 2.75. The summed E-state index contributed by atoms with van der Waals surface area (Å²) in [7, 11) is 0. The molecular weight excluding hydrogens is 290 g/mol. The first-order chi connectivity index (χ1) is 9.79. The van der Waals surface area contributed by atoms with Gasteiger partial charge in [0.15, 0.2) is 0 Å². The fourth-order valence-corrected chi connectivity index (χ4v) is 1.86. The first-order valence-corrected chi connectivity index (χ1v) is 5.83. The number of hydrogen-bond donors (Lipinski definition) is 1. The summed E-state index contributed by atoms with van der Waals surface area (Å²) in [6.07, 6.45) is -5.28. The molecule has 21 heavy (non-hydrogen) atoms. The molecule has 1 aromatic carbocycles. The summed E-state index contributed by atoms with van der Waals surface area (Å²) in [5.74, 6) is -2.19. The van der Waals surface area contributed by atoms with Crippen LogP contribution in [0.15, 0.2) is 36.4 Å². The van der Waals surface area contributed by atoms with Gasteiger partial charge in [0.2, 0.25) is 0 Å². The first kappa shape index (κ1) is 15.0. The Balaban J connectivity index is 2.55. The summed E-state index contributed by atoms with van der Waals surface area (Å²) >= 11 is 0. The lowest BCUT2D eigenvalue weighted by molar-refractivity contribution is -0.137. The van der Waals surface area contributed by atoms with E-state index in [2.05, 4.69) is 4.98 Å². The SMILES string of the molecule is O=C(O)Cc1nc(-c2ccccc2C(F)(F)F)ccc1F. The zero-order valence-electron chi connectivity index (χ0n) is 10.5. The van der Waals surface area contributed by atoms with Crippen LogP contribution in [0.25, 0.3) is 11.3 Å². The lowest BCUT2D eigenvalue weighted by Crippen LogP contribution is -2.09. The van der Waals surface area contributed by atoms with Crippen LogP contribution in [0.4, 0.5) is 17.6 Å². The van der Waals surface area contributed by atoms with Crippen LogP contribution < -0.4 is 0 Å². The average molecular weight is 299 g/mol. The zero-order chi connectivity index (χ0) is 15.6. The Labute approximate surface area is 116 Å². The first-order valence-electron chi connectivity index (χ1n) is 5.83. The van der Waals surface area contributed by atoms with Gasteiger partial charge in [0.25, 0.3) is 0 Å². The van der Waals surface area contributed by atoms with E-state index < -0.39 is 35.6 Å². The number of carbonyl (C=O) groups is 1. The van der Waals surface area contributed by atoms with Crippen LogP contribution >= 0.6 is 0 Å². The third-order valence-corrected chi connectivity index (χ3v) is 2.75. The molecule has 0 bridgehead atoms. The highest BCUT2D eigenvalue weighted by Crippen LogP contribution is 2.36. The number of aliphatic carboxylic acids is 1. The molecule has 3 nitrogen and oxygen atoms in total. The van der Waals surface area contributed by atoms with Crippen molar-refractivity contribution in [1.82, 2.24) is 4.98 Å². The molecule has 0 saturated heterocycles. The zero-order valence-corrected chi connectivity index (χ0v) is 10.5. The van der Waals surface area contributed by atoms with E-state index in [1.807, 2.05) is 0 Å². The molecule has 1 heterocycles. The number of halogens is 4. The Morgan fingerprint density at radius 1 is 1.14 bits per heavy atom. The molecule has 1 aromatic heterocycles. The van der Waals surface area contributed by atoms with E-state index >= 15 is 0 Å². The van der Waals surface area contributed by atoms with Crippen molar-refractivity contribution in [2.24, 2.45) is 0 Å². The Bertz CT molecular complexity index is 683. The second-order valence-electron chi connectivity index (χ2n) is 4.24. The van der Waals surface area contributed by atoms with E-state index in [9.17, 15) is 22.4 Å². The van der Waals surface area contributed by atoms with E-state index in [0.29, 0.717) is 0 Å². The third kappa shape index (κ3) is 3.36. The molecule has 2 rings (SSSR count). The number of benzene rings is 1. The Morgan fingerprint density at radius 2 is 1.81 bits per heavy atom. The summed E-state index contributed by atoms with van der Waals surface area (Å²) in [6, 6.07) is 6.71. The minimum Gasteiger partial charge on any atom is -0.481 e. The predicted octanol–water partition coefficient (Wildman–Crippen LogP) is 3.53. The van der Waals surface area contributed by atoms with Crippen molar-refractivity contribution in [1.29, 1.82) is 0 Å². The van der Waals surface area contributed by atoms with Crippen LogP contribution in [0.1, 0.15) is 11.3 Å². The number of pyridine rings is 1. The van der Waals surface area contributed by atoms with Gasteiger partial charge in [-0.3, -0.25) is 4.79 Å². The smallest absolute Gasteiger partial charge is 0.417 e. The number of carboxylic acids is 1. The fraction of sp³-hybridized carbons (Fsp3) is 0.143. The molecule has 0 fully saturated rings. The molecule has 0 aliphatic rings. The summed E-state index contributed by atoms with van der Waals surface area (Å²) in [5, 5.41) is 8.65. The lowest BCUT2D eigenvalue weighted by Gasteiger charge is -2.12. The van der Waals surface area contributed by atoms with Crippen LogP contribution in [0.3, 0.4) is 0 Å². The largest absolute Gasteiger partial charge is 0.481 e. The molecule has 1 N–H and O–H groups in total. The minimum atomic E-state index is -4.58. The number of aromatic nitrogens is 1. The maximum atomic E-state index is 13.4. The highest BCUT2D eigenvalue weighted by molar-refractivity contribution is 5.70. The highest BCUT2D eigenvalue weighted by atomic mass is 19.4. The van der Waals surface area contributed by atoms with Crippen molar-refractivity contribution in [3.05, 3.63) is 53.5 Å². The lowest BCUT2D eigenvalue weighted by atomic mass is 10.0. The number of alkyl halides is 3. The maximum absolute atomic E-state index is 13.4. The molecule has 0 atom stereocenters. The van der Waals surface area contributed by atoms with Crippen molar-refractivity contribution in [3.8, 4) is 11.3 Å². The number of hydrogen-bond acceptors (Lipinski definition) is 2. The number of rotatable bonds is 3. The number of nitrogens with zero attached hydrogens (tertiary/aromatic N) is 1. The van der Waals surface area contributed by atoms with Gasteiger partial charge in [-0.05, 0) is 18.2 Å². The van der Waals surface area contributed by atoms with E-state index in [0.717, 1.165) is 18.2 Å². The second kappa shape index (κ2) is 5.51. The summed E-state index contributed by atoms with van der Waals surface area (Å²) < 4.78 is 52.2. The van der Waals surface area contributed by atoms with Gasteiger partial charge in [-0.25, -0.2) is 9.37 Å². The molecule has 2 aromatic rings. The summed E-state index contributed by atoms with van der Waals surface area (Å²) in [5.41, 5.74) is -1.67. The normalized spacial score (nSPS) is 11.4. The average Bonchev–Trinajstić information content (AvgIpc) is 2.40. The number of carboxylic acid groups (broad SMARTS) is 1. The topological polar surface area (TPSA) is 50.2 Å². The van der Waals surface area contributed by atoms with Crippen molar-refractivity contribution in [2.75, 3.05) is 0 Å². The van der Waals surface area contributed by atoms with Gasteiger partial charge in [-0.2, -0.15) is 13.2 Å². The molecule has 0 aliphatic carbocycles. The van der Waals surface area contributed by atoms with Gasteiger partial charge in [0.05, 0.1) is 23.4 Å². The monoisotopic (exact) mass is 299 g/mol. The van der Waals surface area contributed by atoms with Crippen LogP contribution in [0.5, 0.6) is 0 Å². The fourth-order valence-electron chi connectivity index (χ4n) is 1.86. The van der Waals surface area contributed by atoms with E-state index in [-0.39, 0.29) is 11.3 Å². The predicted molar refractivity (Wildman–Crippen MR) is 66.0 cm³/mol. The van der Waals surface area contributed by atoms with Crippen molar-refractivity contribution >= 4 is 5.97 Å². The summed E-state index contributed by atoms with van der Waals surface area (Å²) in [4.78, 5) is 14.3. The molecule has 0 unspecified atom stereocenters. The quantitative estimate of drug-likeness (QED) is 0.882. The van der Waals surface area contributed by atoms with Crippen LogP contribution in [-0.4, -0.2) is 16.1 Å². The van der Waals surface area contributed by atoms with Crippen molar-refractivity contribution in [3.63, 3.8) is 0 Å². The molecule has 0 aliphatic heterocycles. The summed E-state index contributed by atoms with van der Waals surface area (Å²) in [6.45, 7) is 0. The Morgan fingerprint density at radius 3 is 2.43 bits per heavy atom. The van der Waals surface area contributed by atoms with E-state index in [4.69, 9.17) is 5.11 Å².